The lowest BCUT2D eigenvalue weighted by Crippen LogP contribution is -2.20. The Labute approximate surface area is 94.2 Å². The highest BCUT2D eigenvalue weighted by molar-refractivity contribution is 5.46. The number of para-hydroxylation sites is 1. The number of rotatable bonds is 0. The molecule has 1 aromatic heterocycles. The van der Waals surface area contributed by atoms with Crippen molar-refractivity contribution in [1.82, 2.24) is 4.57 Å². The summed E-state index contributed by atoms with van der Waals surface area (Å²) >= 11 is 0. The molecule has 2 nitrogen and oxygen atoms in total. The van der Waals surface area contributed by atoms with Crippen LogP contribution in [0.25, 0.3) is 5.69 Å². The van der Waals surface area contributed by atoms with Gasteiger partial charge in [-0.3, -0.25) is 4.79 Å². The summed E-state index contributed by atoms with van der Waals surface area (Å²) in [6, 6.07) is 10.0. The van der Waals surface area contributed by atoms with E-state index >= 15 is 0 Å². The summed E-state index contributed by atoms with van der Waals surface area (Å²) in [7, 11) is 0. The number of hydrogen-bond acceptors (Lipinski definition) is 1. The van der Waals surface area contributed by atoms with Crippen LogP contribution in [-0.2, 0) is 12.8 Å². The Morgan fingerprint density at radius 3 is 2.81 bits per heavy atom. The maximum atomic E-state index is 11.6. The molecule has 1 aromatic carbocycles. The van der Waals surface area contributed by atoms with Crippen molar-refractivity contribution in [3.05, 3.63) is 63.6 Å². The summed E-state index contributed by atoms with van der Waals surface area (Å²) in [4.78, 5) is 11.6. The molecule has 0 radical (unpaired) electrons. The number of benzene rings is 1. The average Bonchev–Trinajstić information content (AvgIpc) is 2.33. The summed E-state index contributed by atoms with van der Waals surface area (Å²) in [5, 5.41) is 0. The van der Waals surface area contributed by atoms with Gasteiger partial charge in [-0.1, -0.05) is 18.2 Å². The van der Waals surface area contributed by atoms with Crippen LogP contribution in [0.1, 0.15) is 16.8 Å². The molecule has 80 valence electrons. The van der Waals surface area contributed by atoms with E-state index in [4.69, 9.17) is 0 Å². The van der Waals surface area contributed by atoms with Crippen LogP contribution in [0.2, 0.25) is 0 Å². The molecule has 0 bridgehead atoms. The Kier molecular flexibility index (Phi) is 1.96. The summed E-state index contributed by atoms with van der Waals surface area (Å²) in [5.41, 5.74) is 4.76. The number of hydrogen-bond donors (Lipinski definition) is 0. The molecule has 16 heavy (non-hydrogen) atoms. The van der Waals surface area contributed by atoms with Gasteiger partial charge in [0, 0.05) is 29.2 Å². The van der Waals surface area contributed by atoms with Crippen LogP contribution in [0.15, 0.2) is 41.3 Å². The first-order valence-electron chi connectivity index (χ1n) is 5.57. The summed E-state index contributed by atoms with van der Waals surface area (Å²) < 4.78 is 2.15. The van der Waals surface area contributed by atoms with Gasteiger partial charge in [0.25, 0.3) is 0 Å². The molecule has 0 unspecified atom stereocenters. The Morgan fingerprint density at radius 2 is 1.94 bits per heavy atom. The van der Waals surface area contributed by atoms with E-state index in [1.165, 1.54) is 11.3 Å². The zero-order valence-corrected chi connectivity index (χ0v) is 9.23. The molecule has 0 saturated carbocycles. The van der Waals surface area contributed by atoms with Gasteiger partial charge in [0.1, 0.15) is 0 Å². The van der Waals surface area contributed by atoms with E-state index in [1.807, 2.05) is 19.2 Å². The van der Waals surface area contributed by atoms with E-state index < -0.39 is 0 Å². The first-order chi connectivity index (χ1) is 7.77. The van der Waals surface area contributed by atoms with Gasteiger partial charge < -0.3 is 4.57 Å². The zero-order chi connectivity index (χ0) is 11.1. The molecule has 2 aromatic rings. The van der Waals surface area contributed by atoms with Crippen LogP contribution in [0.5, 0.6) is 0 Å². The summed E-state index contributed by atoms with van der Waals surface area (Å²) in [5.74, 6) is 0. The van der Waals surface area contributed by atoms with Gasteiger partial charge in [-0.05, 0) is 31.4 Å². The van der Waals surface area contributed by atoms with Gasteiger partial charge >= 0.3 is 0 Å². The Hall–Kier alpha value is -1.83. The third-order valence-electron chi connectivity index (χ3n) is 3.35. The van der Waals surface area contributed by atoms with Gasteiger partial charge in [0.2, 0.25) is 0 Å². The molecular formula is C14H13NO. The van der Waals surface area contributed by atoms with E-state index in [9.17, 15) is 4.79 Å². The largest absolute Gasteiger partial charge is 0.320 e. The Bertz CT molecular complexity index is 610. The third-order valence-corrected chi connectivity index (χ3v) is 3.35. The van der Waals surface area contributed by atoms with Crippen LogP contribution >= 0.6 is 0 Å². The minimum atomic E-state index is 0.144. The second kappa shape index (κ2) is 3.34. The van der Waals surface area contributed by atoms with Crippen LogP contribution in [-0.4, -0.2) is 4.57 Å². The van der Waals surface area contributed by atoms with Crippen LogP contribution < -0.4 is 5.43 Å². The zero-order valence-electron chi connectivity index (χ0n) is 9.23. The molecule has 0 N–H and O–H groups in total. The minimum Gasteiger partial charge on any atom is -0.320 e. The highest BCUT2D eigenvalue weighted by Gasteiger charge is 2.16. The fourth-order valence-electron chi connectivity index (χ4n) is 2.42. The molecule has 0 saturated heterocycles. The molecule has 3 rings (SSSR count). The highest BCUT2D eigenvalue weighted by atomic mass is 16.1. The maximum absolute atomic E-state index is 11.6. The number of pyridine rings is 1. The fraction of sp³-hybridized carbons (Fsp3) is 0.214. The quantitative estimate of drug-likeness (QED) is 0.655. The van der Waals surface area contributed by atoms with Crippen molar-refractivity contribution in [2.45, 2.75) is 19.8 Å². The second-order valence-corrected chi connectivity index (χ2v) is 4.25. The molecule has 0 aliphatic carbocycles. The van der Waals surface area contributed by atoms with Crippen molar-refractivity contribution in [2.75, 3.05) is 0 Å². The van der Waals surface area contributed by atoms with E-state index in [-0.39, 0.29) is 5.43 Å². The lowest BCUT2D eigenvalue weighted by molar-refractivity contribution is 0.778. The SMILES string of the molecule is Cc1c2n(ccc1=O)-c1ccccc1CC2. The molecule has 2 heteroatoms. The van der Waals surface area contributed by atoms with Gasteiger partial charge in [0.15, 0.2) is 5.43 Å². The van der Waals surface area contributed by atoms with E-state index in [0.29, 0.717) is 0 Å². The smallest absolute Gasteiger partial charge is 0.184 e. The van der Waals surface area contributed by atoms with Crippen LogP contribution in [0.3, 0.4) is 0 Å². The Balaban J connectivity index is 2.34. The van der Waals surface area contributed by atoms with Crippen molar-refractivity contribution in [3.63, 3.8) is 0 Å². The molecule has 0 fully saturated rings. The van der Waals surface area contributed by atoms with Gasteiger partial charge in [-0.2, -0.15) is 0 Å². The number of aryl methyl sites for hydroxylation is 1. The monoisotopic (exact) mass is 211 g/mol. The van der Waals surface area contributed by atoms with Gasteiger partial charge in [-0.15, -0.1) is 0 Å². The topological polar surface area (TPSA) is 22.0 Å². The predicted molar refractivity (Wildman–Crippen MR) is 64.2 cm³/mol. The van der Waals surface area contributed by atoms with E-state index in [2.05, 4.69) is 22.8 Å². The van der Waals surface area contributed by atoms with E-state index in [0.717, 1.165) is 24.1 Å². The highest BCUT2D eigenvalue weighted by Crippen LogP contribution is 2.24. The fourth-order valence-corrected chi connectivity index (χ4v) is 2.42. The standard InChI is InChI=1S/C14H13NO/c1-10-12-7-6-11-4-2-3-5-13(11)15(12)9-8-14(10)16/h2-5,8-9H,6-7H2,1H3. The van der Waals surface area contributed by atoms with Crippen molar-refractivity contribution in [1.29, 1.82) is 0 Å². The molecule has 2 heterocycles. The third kappa shape index (κ3) is 1.23. The van der Waals surface area contributed by atoms with Crippen molar-refractivity contribution in [3.8, 4) is 5.69 Å². The number of aromatic nitrogens is 1. The molecule has 0 spiro atoms. The number of fused-ring (bicyclic) bond motifs is 3. The maximum Gasteiger partial charge on any atom is 0.184 e. The number of nitrogens with zero attached hydrogens (tertiary/aromatic N) is 1. The predicted octanol–water partition coefficient (Wildman–Crippen LogP) is 2.24. The lowest BCUT2D eigenvalue weighted by atomic mass is 9.98. The first-order valence-corrected chi connectivity index (χ1v) is 5.57. The molecule has 0 atom stereocenters. The van der Waals surface area contributed by atoms with Gasteiger partial charge in [-0.25, -0.2) is 0 Å². The molecule has 0 amide bonds. The Morgan fingerprint density at radius 1 is 1.12 bits per heavy atom. The second-order valence-electron chi connectivity index (χ2n) is 4.25. The van der Waals surface area contributed by atoms with Crippen LogP contribution in [0.4, 0.5) is 0 Å². The summed E-state index contributed by atoms with van der Waals surface area (Å²) in [6.07, 6.45) is 3.88. The van der Waals surface area contributed by atoms with Crippen molar-refractivity contribution in [2.24, 2.45) is 0 Å². The summed E-state index contributed by atoms with van der Waals surface area (Å²) in [6.45, 7) is 1.92. The van der Waals surface area contributed by atoms with Crippen molar-refractivity contribution < 1.29 is 0 Å². The van der Waals surface area contributed by atoms with Crippen LogP contribution in [0, 0.1) is 6.92 Å². The molecular weight excluding hydrogens is 198 g/mol. The van der Waals surface area contributed by atoms with Gasteiger partial charge in [0.05, 0.1) is 0 Å². The minimum absolute atomic E-state index is 0.144. The lowest BCUT2D eigenvalue weighted by Gasteiger charge is -2.23. The van der Waals surface area contributed by atoms with E-state index in [1.54, 1.807) is 6.07 Å². The molecule has 1 aliphatic rings. The molecule has 1 aliphatic heterocycles. The van der Waals surface area contributed by atoms with Crippen molar-refractivity contribution >= 4 is 0 Å². The average molecular weight is 211 g/mol. The normalized spacial score (nSPS) is 13.1. The first kappa shape index (κ1) is 9.40.